The zero-order chi connectivity index (χ0) is 13.7. The Morgan fingerprint density at radius 1 is 1.26 bits per heavy atom. The van der Waals surface area contributed by atoms with Crippen LogP contribution in [0.1, 0.15) is 29.8 Å². The van der Waals surface area contributed by atoms with E-state index in [1.54, 1.807) is 11.3 Å². The van der Waals surface area contributed by atoms with Crippen LogP contribution < -0.4 is 16.0 Å². The second-order valence-electron chi connectivity index (χ2n) is 4.16. The Bertz CT molecular complexity index is 512. The molecule has 0 spiro atoms. The number of thiophene rings is 1. The first-order valence-corrected chi connectivity index (χ1v) is 7.79. The average Bonchev–Trinajstić information content (AvgIpc) is 2.85. The molecule has 0 bridgehead atoms. The van der Waals surface area contributed by atoms with Crippen molar-refractivity contribution in [1.82, 2.24) is 5.43 Å². The van der Waals surface area contributed by atoms with Crippen molar-refractivity contribution < 1.29 is 4.74 Å². The van der Waals surface area contributed by atoms with Crippen LogP contribution in [0.15, 0.2) is 40.2 Å². The predicted octanol–water partition coefficient (Wildman–Crippen LogP) is 3.85. The second kappa shape index (κ2) is 7.05. The topological polar surface area (TPSA) is 47.3 Å². The minimum atomic E-state index is 0.0107. The first-order valence-electron chi connectivity index (χ1n) is 6.18. The SMILES string of the molecule is CCCOc1ccc(C(NN)c2ccc(Br)s2)cc1. The van der Waals surface area contributed by atoms with Crippen molar-refractivity contribution in [2.24, 2.45) is 5.84 Å². The lowest BCUT2D eigenvalue weighted by molar-refractivity contribution is 0.317. The number of nitrogens with two attached hydrogens (primary N) is 1. The Morgan fingerprint density at radius 2 is 2.00 bits per heavy atom. The van der Waals surface area contributed by atoms with Crippen molar-refractivity contribution in [3.05, 3.63) is 50.6 Å². The van der Waals surface area contributed by atoms with E-state index in [1.807, 2.05) is 30.3 Å². The molecule has 102 valence electrons. The van der Waals surface area contributed by atoms with Crippen molar-refractivity contribution in [3.63, 3.8) is 0 Å². The molecule has 5 heteroatoms. The Morgan fingerprint density at radius 3 is 2.53 bits per heavy atom. The number of benzene rings is 1. The molecule has 1 atom stereocenters. The predicted molar refractivity (Wildman–Crippen MR) is 83.4 cm³/mol. The molecule has 0 fully saturated rings. The summed E-state index contributed by atoms with van der Waals surface area (Å²) in [4.78, 5) is 1.18. The molecule has 1 aromatic heterocycles. The molecule has 1 heterocycles. The van der Waals surface area contributed by atoms with Gasteiger partial charge >= 0.3 is 0 Å². The van der Waals surface area contributed by atoms with E-state index in [0.717, 1.165) is 28.1 Å². The summed E-state index contributed by atoms with van der Waals surface area (Å²) in [6.07, 6.45) is 1.01. The van der Waals surface area contributed by atoms with Crippen molar-refractivity contribution >= 4 is 27.3 Å². The Balaban J connectivity index is 2.15. The van der Waals surface area contributed by atoms with Crippen molar-refractivity contribution in [3.8, 4) is 5.75 Å². The summed E-state index contributed by atoms with van der Waals surface area (Å²) in [7, 11) is 0. The molecule has 2 rings (SSSR count). The van der Waals surface area contributed by atoms with Crippen molar-refractivity contribution in [1.29, 1.82) is 0 Å². The van der Waals surface area contributed by atoms with Gasteiger partial charge in [0.15, 0.2) is 0 Å². The standard InChI is InChI=1S/C14H17BrN2OS/c1-2-9-18-11-5-3-10(4-6-11)14(17-16)12-7-8-13(15)19-12/h3-8,14,17H,2,9,16H2,1H3. The van der Waals surface area contributed by atoms with Gasteiger partial charge in [0.25, 0.3) is 0 Å². The number of hydrazine groups is 1. The van der Waals surface area contributed by atoms with Gasteiger partial charge in [-0.3, -0.25) is 5.84 Å². The van der Waals surface area contributed by atoms with Crippen LogP contribution in [0.5, 0.6) is 5.75 Å². The summed E-state index contributed by atoms with van der Waals surface area (Å²) in [5.74, 6) is 6.57. The smallest absolute Gasteiger partial charge is 0.119 e. The van der Waals surface area contributed by atoms with Gasteiger partial charge in [0.1, 0.15) is 5.75 Å². The number of rotatable bonds is 6. The van der Waals surface area contributed by atoms with E-state index in [9.17, 15) is 0 Å². The molecule has 1 aromatic carbocycles. The summed E-state index contributed by atoms with van der Waals surface area (Å²) in [5.41, 5.74) is 3.99. The van der Waals surface area contributed by atoms with Crippen molar-refractivity contribution in [2.75, 3.05) is 6.61 Å². The highest BCUT2D eigenvalue weighted by Crippen LogP contribution is 2.31. The average molecular weight is 341 g/mol. The first kappa shape index (κ1) is 14.5. The van der Waals surface area contributed by atoms with E-state index in [1.165, 1.54) is 4.88 Å². The molecule has 19 heavy (non-hydrogen) atoms. The molecule has 0 saturated heterocycles. The van der Waals surface area contributed by atoms with E-state index in [4.69, 9.17) is 10.6 Å². The number of halogens is 1. The van der Waals surface area contributed by atoms with E-state index < -0.39 is 0 Å². The number of hydrogen-bond donors (Lipinski definition) is 2. The Labute approximate surface area is 125 Å². The zero-order valence-corrected chi connectivity index (χ0v) is 13.1. The van der Waals surface area contributed by atoms with Crippen molar-refractivity contribution in [2.45, 2.75) is 19.4 Å². The highest BCUT2D eigenvalue weighted by Gasteiger charge is 2.14. The van der Waals surface area contributed by atoms with Gasteiger partial charge in [-0.25, -0.2) is 5.43 Å². The third kappa shape index (κ3) is 3.79. The first-order chi connectivity index (χ1) is 9.24. The van der Waals surface area contributed by atoms with E-state index in [0.29, 0.717) is 0 Å². The zero-order valence-electron chi connectivity index (χ0n) is 10.7. The maximum atomic E-state index is 5.67. The molecule has 0 aliphatic heterocycles. The molecule has 0 aliphatic rings. The van der Waals surface area contributed by atoms with Crippen LogP contribution in [-0.4, -0.2) is 6.61 Å². The monoisotopic (exact) mass is 340 g/mol. The third-order valence-corrected chi connectivity index (χ3v) is 4.42. The molecular formula is C14H17BrN2OS. The molecule has 3 N–H and O–H groups in total. The minimum absolute atomic E-state index is 0.0107. The normalized spacial score (nSPS) is 12.4. The maximum Gasteiger partial charge on any atom is 0.119 e. The minimum Gasteiger partial charge on any atom is -0.494 e. The summed E-state index contributed by atoms with van der Waals surface area (Å²) >= 11 is 5.15. The van der Waals surface area contributed by atoms with Crippen LogP contribution in [-0.2, 0) is 0 Å². The largest absolute Gasteiger partial charge is 0.494 e. The van der Waals surface area contributed by atoms with Gasteiger partial charge < -0.3 is 4.74 Å². The van der Waals surface area contributed by atoms with Gasteiger partial charge in [-0.2, -0.15) is 0 Å². The van der Waals surface area contributed by atoms with Crippen LogP contribution in [0.4, 0.5) is 0 Å². The Hall–Kier alpha value is -0.880. The lowest BCUT2D eigenvalue weighted by Crippen LogP contribution is -2.28. The third-order valence-electron chi connectivity index (χ3n) is 2.73. The van der Waals surface area contributed by atoms with Gasteiger partial charge in [-0.05, 0) is 52.2 Å². The second-order valence-corrected chi connectivity index (χ2v) is 6.65. The van der Waals surface area contributed by atoms with Gasteiger partial charge in [-0.1, -0.05) is 19.1 Å². The fourth-order valence-electron chi connectivity index (χ4n) is 1.80. The van der Waals surface area contributed by atoms with Gasteiger partial charge in [0.2, 0.25) is 0 Å². The molecule has 3 nitrogen and oxygen atoms in total. The van der Waals surface area contributed by atoms with Crippen LogP contribution in [0.3, 0.4) is 0 Å². The maximum absolute atomic E-state index is 5.67. The highest BCUT2D eigenvalue weighted by atomic mass is 79.9. The molecule has 1 unspecified atom stereocenters. The molecular weight excluding hydrogens is 324 g/mol. The van der Waals surface area contributed by atoms with Gasteiger partial charge in [0.05, 0.1) is 16.4 Å². The highest BCUT2D eigenvalue weighted by molar-refractivity contribution is 9.11. The number of nitrogens with one attached hydrogen (secondary N) is 1. The molecule has 0 saturated carbocycles. The quantitative estimate of drug-likeness (QED) is 0.620. The lowest BCUT2D eigenvalue weighted by Gasteiger charge is -2.15. The summed E-state index contributed by atoms with van der Waals surface area (Å²) in [5, 5.41) is 0. The summed E-state index contributed by atoms with van der Waals surface area (Å²) < 4.78 is 6.68. The Kier molecular flexibility index (Phi) is 5.39. The number of hydrogen-bond acceptors (Lipinski definition) is 4. The summed E-state index contributed by atoms with van der Waals surface area (Å²) in [6, 6.07) is 12.2. The van der Waals surface area contributed by atoms with E-state index in [-0.39, 0.29) is 6.04 Å². The van der Waals surface area contributed by atoms with E-state index in [2.05, 4.69) is 34.3 Å². The molecule has 0 aliphatic carbocycles. The van der Waals surface area contributed by atoms with Crippen LogP contribution in [0.25, 0.3) is 0 Å². The fraction of sp³-hybridized carbons (Fsp3) is 0.286. The van der Waals surface area contributed by atoms with Crippen LogP contribution >= 0.6 is 27.3 Å². The molecule has 0 amide bonds. The van der Waals surface area contributed by atoms with E-state index >= 15 is 0 Å². The summed E-state index contributed by atoms with van der Waals surface area (Å²) in [6.45, 7) is 2.84. The van der Waals surface area contributed by atoms with Crippen LogP contribution in [0, 0.1) is 0 Å². The number of ether oxygens (including phenoxy) is 1. The van der Waals surface area contributed by atoms with Crippen LogP contribution in [0.2, 0.25) is 0 Å². The lowest BCUT2D eigenvalue weighted by atomic mass is 10.1. The van der Waals surface area contributed by atoms with Gasteiger partial charge in [0, 0.05) is 4.88 Å². The van der Waals surface area contributed by atoms with Gasteiger partial charge in [-0.15, -0.1) is 11.3 Å². The fourth-order valence-corrected chi connectivity index (χ4v) is 3.31. The molecule has 2 aromatic rings. The molecule has 0 radical (unpaired) electrons.